The number of carbonyl (C=O) groups excluding carboxylic acids is 1. The number of methoxy groups -OCH3 is 1. The second kappa shape index (κ2) is 9.09. The minimum Gasteiger partial charge on any atom is -0.495 e. The van der Waals surface area contributed by atoms with Crippen molar-refractivity contribution < 1.29 is 9.53 Å². The van der Waals surface area contributed by atoms with Crippen LogP contribution in [0.5, 0.6) is 5.75 Å². The van der Waals surface area contributed by atoms with E-state index in [1.807, 2.05) is 66.7 Å². The Balaban J connectivity index is 1.59. The number of hydrogen-bond acceptors (Lipinski definition) is 4. The molecular formula is C25H23N3O2. The summed E-state index contributed by atoms with van der Waals surface area (Å²) >= 11 is 0. The average Bonchev–Trinajstić information content (AvgIpc) is 2.79. The lowest BCUT2D eigenvalue weighted by Gasteiger charge is -2.13. The number of nitrogens with one attached hydrogen (secondary N) is 2. The summed E-state index contributed by atoms with van der Waals surface area (Å²) in [6.45, 7) is 0.564. The highest BCUT2D eigenvalue weighted by atomic mass is 16.5. The van der Waals surface area contributed by atoms with Crippen LogP contribution in [0.15, 0.2) is 84.9 Å². The van der Waals surface area contributed by atoms with E-state index in [2.05, 4.69) is 27.8 Å². The van der Waals surface area contributed by atoms with E-state index in [-0.39, 0.29) is 5.91 Å². The molecule has 0 saturated carbocycles. The Kier molecular flexibility index (Phi) is 5.90. The summed E-state index contributed by atoms with van der Waals surface area (Å²) in [6.07, 6.45) is 0.780. The van der Waals surface area contributed by atoms with E-state index in [4.69, 9.17) is 4.74 Å². The minimum atomic E-state index is -0.118. The van der Waals surface area contributed by atoms with Crippen molar-refractivity contribution in [2.75, 3.05) is 19.0 Å². The lowest BCUT2D eigenvalue weighted by Crippen LogP contribution is -2.26. The monoisotopic (exact) mass is 397 g/mol. The average molecular weight is 397 g/mol. The van der Waals surface area contributed by atoms with Crippen LogP contribution < -0.4 is 15.4 Å². The van der Waals surface area contributed by atoms with E-state index >= 15 is 0 Å². The second-order valence-corrected chi connectivity index (χ2v) is 6.89. The van der Waals surface area contributed by atoms with Crippen LogP contribution in [-0.4, -0.2) is 24.5 Å². The van der Waals surface area contributed by atoms with Crippen LogP contribution in [0.25, 0.3) is 10.9 Å². The van der Waals surface area contributed by atoms with Gasteiger partial charge >= 0.3 is 0 Å². The number of amides is 1. The molecule has 150 valence electrons. The molecule has 5 nitrogen and oxygen atoms in total. The summed E-state index contributed by atoms with van der Waals surface area (Å²) in [4.78, 5) is 17.7. The van der Waals surface area contributed by atoms with Crippen LogP contribution in [0, 0.1) is 0 Å². The predicted octanol–water partition coefficient (Wildman–Crippen LogP) is 4.96. The first kappa shape index (κ1) is 19.5. The summed E-state index contributed by atoms with van der Waals surface area (Å²) in [7, 11) is 1.62. The zero-order valence-corrected chi connectivity index (χ0v) is 16.8. The quantitative estimate of drug-likeness (QED) is 0.463. The van der Waals surface area contributed by atoms with Gasteiger partial charge in [-0.2, -0.15) is 0 Å². The highest BCUT2D eigenvalue weighted by molar-refractivity contribution is 6.07. The van der Waals surface area contributed by atoms with Gasteiger partial charge < -0.3 is 15.4 Å². The van der Waals surface area contributed by atoms with Gasteiger partial charge in [-0.15, -0.1) is 0 Å². The third kappa shape index (κ3) is 4.41. The fourth-order valence-corrected chi connectivity index (χ4v) is 3.37. The zero-order valence-electron chi connectivity index (χ0n) is 16.8. The Morgan fingerprint density at radius 2 is 1.67 bits per heavy atom. The highest BCUT2D eigenvalue weighted by Gasteiger charge is 2.14. The van der Waals surface area contributed by atoms with Crippen molar-refractivity contribution in [3.8, 4) is 5.75 Å². The van der Waals surface area contributed by atoms with Crippen LogP contribution in [0.3, 0.4) is 0 Å². The molecule has 30 heavy (non-hydrogen) atoms. The van der Waals surface area contributed by atoms with Crippen LogP contribution >= 0.6 is 0 Å². The maximum Gasteiger partial charge on any atom is 0.252 e. The molecule has 2 N–H and O–H groups in total. The minimum absolute atomic E-state index is 0.118. The molecule has 1 amide bonds. The zero-order chi connectivity index (χ0) is 20.8. The fraction of sp³-hybridized carbons (Fsp3) is 0.120. The normalized spacial score (nSPS) is 10.6. The highest BCUT2D eigenvalue weighted by Crippen LogP contribution is 2.28. The van der Waals surface area contributed by atoms with Gasteiger partial charge in [0.05, 0.1) is 23.9 Å². The Morgan fingerprint density at radius 3 is 2.50 bits per heavy atom. The number of carbonyl (C=O) groups is 1. The van der Waals surface area contributed by atoms with Gasteiger partial charge in [0.25, 0.3) is 5.91 Å². The first-order valence-corrected chi connectivity index (χ1v) is 9.86. The maximum atomic E-state index is 13.0. The van der Waals surface area contributed by atoms with E-state index in [0.29, 0.717) is 23.7 Å². The Morgan fingerprint density at radius 1 is 0.933 bits per heavy atom. The number of anilines is 2. The van der Waals surface area contributed by atoms with E-state index in [1.165, 1.54) is 5.56 Å². The SMILES string of the molecule is COc1ccccc1Nc1cc(C(=O)NCCc2ccccc2)c2ccccc2n1. The van der Waals surface area contributed by atoms with Crippen molar-refractivity contribution >= 4 is 28.3 Å². The fourth-order valence-electron chi connectivity index (χ4n) is 3.37. The molecule has 0 saturated heterocycles. The van der Waals surface area contributed by atoms with Crippen molar-refractivity contribution in [2.24, 2.45) is 0 Å². The Hall–Kier alpha value is -3.86. The third-order valence-electron chi connectivity index (χ3n) is 4.87. The van der Waals surface area contributed by atoms with Crippen molar-refractivity contribution in [2.45, 2.75) is 6.42 Å². The van der Waals surface area contributed by atoms with Crippen molar-refractivity contribution in [3.63, 3.8) is 0 Å². The summed E-state index contributed by atoms with van der Waals surface area (Å²) in [6, 6.07) is 27.2. The van der Waals surface area contributed by atoms with E-state index in [0.717, 1.165) is 23.0 Å². The summed E-state index contributed by atoms with van der Waals surface area (Å²) in [5.41, 5.74) is 3.32. The van der Waals surface area contributed by atoms with Gasteiger partial charge in [-0.05, 0) is 36.2 Å². The molecule has 0 aliphatic rings. The summed E-state index contributed by atoms with van der Waals surface area (Å²) in [5, 5.41) is 7.13. The number of rotatable bonds is 7. The number of hydrogen-bond donors (Lipinski definition) is 2. The number of fused-ring (bicyclic) bond motifs is 1. The topological polar surface area (TPSA) is 63.2 Å². The van der Waals surface area contributed by atoms with Gasteiger partial charge in [0, 0.05) is 11.9 Å². The molecule has 5 heteroatoms. The van der Waals surface area contributed by atoms with Gasteiger partial charge in [-0.1, -0.05) is 60.7 Å². The standard InChI is InChI=1S/C25H23N3O2/c1-30-23-14-8-7-13-22(23)28-24-17-20(19-11-5-6-12-21(19)27-24)25(29)26-16-15-18-9-3-2-4-10-18/h2-14,17H,15-16H2,1H3,(H,26,29)(H,27,28). The van der Waals surface area contributed by atoms with Gasteiger partial charge in [-0.25, -0.2) is 4.98 Å². The molecule has 1 heterocycles. The van der Waals surface area contributed by atoms with Crippen molar-refractivity contribution in [1.82, 2.24) is 10.3 Å². The van der Waals surface area contributed by atoms with E-state index in [1.54, 1.807) is 13.2 Å². The number of ether oxygens (including phenoxy) is 1. The van der Waals surface area contributed by atoms with Gasteiger partial charge in [-0.3, -0.25) is 4.79 Å². The molecule has 0 unspecified atom stereocenters. The number of para-hydroxylation sites is 3. The molecule has 0 bridgehead atoms. The van der Waals surface area contributed by atoms with Crippen molar-refractivity contribution in [3.05, 3.63) is 96.1 Å². The maximum absolute atomic E-state index is 13.0. The number of benzene rings is 3. The molecule has 0 spiro atoms. The lowest BCUT2D eigenvalue weighted by atomic mass is 10.1. The van der Waals surface area contributed by atoms with Crippen LogP contribution in [0.2, 0.25) is 0 Å². The largest absolute Gasteiger partial charge is 0.495 e. The second-order valence-electron chi connectivity index (χ2n) is 6.89. The van der Waals surface area contributed by atoms with E-state index in [9.17, 15) is 4.79 Å². The van der Waals surface area contributed by atoms with Gasteiger partial charge in [0.2, 0.25) is 0 Å². The molecule has 0 fully saturated rings. The Labute approximate surface area is 175 Å². The van der Waals surface area contributed by atoms with Gasteiger partial charge in [0.1, 0.15) is 11.6 Å². The summed E-state index contributed by atoms with van der Waals surface area (Å²) < 4.78 is 5.41. The molecule has 4 rings (SSSR count). The van der Waals surface area contributed by atoms with Crippen LogP contribution in [0.1, 0.15) is 15.9 Å². The first-order chi connectivity index (χ1) is 14.7. The van der Waals surface area contributed by atoms with E-state index < -0.39 is 0 Å². The third-order valence-corrected chi connectivity index (χ3v) is 4.87. The number of nitrogens with zero attached hydrogens (tertiary/aromatic N) is 1. The molecule has 0 radical (unpaired) electrons. The number of aromatic nitrogens is 1. The molecule has 1 aromatic heterocycles. The van der Waals surface area contributed by atoms with Crippen molar-refractivity contribution in [1.29, 1.82) is 0 Å². The molecule has 0 aliphatic carbocycles. The molecule has 4 aromatic rings. The van der Waals surface area contributed by atoms with Crippen LogP contribution in [-0.2, 0) is 6.42 Å². The lowest BCUT2D eigenvalue weighted by molar-refractivity contribution is 0.0956. The molecule has 0 atom stereocenters. The molecule has 0 aliphatic heterocycles. The molecule has 3 aromatic carbocycles. The Bertz CT molecular complexity index is 1160. The van der Waals surface area contributed by atoms with Gasteiger partial charge in [0.15, 0.2) is 0 Å². The molecular weight excluding hydrogens is 374 g/mol. The summed E-state index contributed by atoms with van der Waals surface area (Å²) in [5.74, 6) is 1.18. The first-order valence-electron chi connectivity index (χ1n) is 9.86. The number of pyridine rings is 1. The predicted molar refractivity (Wildman–Crippen MR) is 120 cm³/mol. The smallest absolute Gasteiger partial charge is 0.252 e. The van der Waals surface area contributed by atoms with Crippen LogP contribution in [0.4, 0.5) is 11.5 Å².